The third-order valence-electron chi connectivity index (χ3n) is 2.51. The van der Waals surface area contributed by atoms with Crippen LogP contribution in [0.1, 0.15) is 6.92 Å². The minimum Gasteiger partial charge on any atom is -0.354 e. The second-order valence-electron chi connectivity index (χ2n) is 4.08. The summed E-state index contributed by atoms with van der Waals surface area (Å²) in [7, 11) is 0. The molecule has 0 spiro atoms. The molecule has 1 aliphatic heterocycles. The zero-order chi connectivity index (χ0) is 13.1. The topological polar surface area (TPSA) is 44.7 Å². The maximum atomic E-state index is 11.2. The third kappa shape index (κ3) is 3.23. The molecule has 0 aliphatic carbocycles. The van der Waals surface area contributed by atoms with Gasteiger partial charge in [0.2, 0.25) is 0 Å². The molecular weight excluding hydrogens is 318 g/mol. The van der Waals surface area contributed by atoms with E-state index in [0.29, 0.717) is 17.5 Å². The molecule has 1 saturated heterocycles. The Morgan fingerprint density at radius 1 is 1.61 bits per heavy atom. The van der Waals surface area contributed by atoms with Crippen molar-refractivity contribution >= 4 is 45.0 Å². The first kappa shape index (κ1) is 13.4. The van der Waals surface area contributed by atoms with Crippen LogP contribution in [0.5, 0.6) is 0 Å². The molecule has 0 amide bonds. The highest BCUT2D eigenvalue weighted by Gasteiger charge is 2.19. The zero-order valence-electron chi connectivity index (χ0n) is 9.91. The first-order chi connectivity index (χ1) is 8.56. The molecule has 1 aromatic carbocycles. The molecule has 18 heavy (non-hydrogen) atoms. The van der Waals surface area contributed by atoms with Crippen molar-refractivity contribution in [2.45, 2.75) is 6.92 Å². The third-order valence-corrected chi connectivity index (χ3v) is 3.42. The number of benzene rings is 1. The van der Waals surface area contributed by atoms with E-state index < -0.39 is 0 Å². The minimum atomic E-state index is 0.122. The fraction of sp³-hybridized carbons (Fsp3) is 0.333. The van der Waals surface area contributed by atoms with Crippen LogP contribution in [0.4, 0.5) is 5.69 Å². The summed E-state index contributed by atoms with van der Waals surface area (Å²) in [5.41, 5.74) is 0.750. The minimum absolute atomic E-state index is 0.122. The van der Waals surface area contributed by atoms with E-state index in [1.807, 2.05) is 11.0 Å². The molecule has 1 N–H and O–H groups in total. The molecule has 4 nitrogen and oxygen atoms in total. The van der Waals surface area contributed by atoms with Crippen LogP contribution in [-0.4, -0.2) is 36.3 Å². The van der Waals surface area contributed by atoms with E-state index in [2.05, 4.69) is 26.2 Å². The van der Waals surface area contributed by atoms with Crippen molar-refractivity contribution in [3.8, 4) is 0 Å². The number of nitrogens with one attached hydrogen (secondary N) is 1. The molecule has 1 aliphatic rings. The lowest BCUT2D eigenvalue weighted by Crippen LogP contribution is -2.33. The van der Waals surface area contributed by atoms with Gasteiger partial charge >= 0.3 is 0 Å². The van der Waals surface area contributed by atoms with Gasteiger partial charge in [-0.05, 0) is 41.1 Å². The number of halogens is 2. The van der Waals surface area contributed by atoms with Crippen molar-refractivity contribution < 1.29 is 4.79 Å². The van der Waals surface area contributed by atoms with Gasteiger partial charge in [-0.3, -0.25) is 4.79 Å². The van der Waals surface area contributed by atoms with Gasteiger partial charge in [0.05, 0.1) is 12.2 Å². The number of hydrogen-bond donors (Lipinski definition) is 1. The zero-order valence-corrected chi connectivity index (χ0v) is 12.3. The molecule has 1 heterocycles. The van der Waals surface area contributed by atoms with Crippen LogP contribution in [0, 0.1) is 0 Å². The lowest BCUT2D eigenvalue weighted by Gasteiger charge is -2.15. The van der Waals surface area contributed by atoms with E-state index in [-0.39, 0.29) is 5.78 Å². The summed E-state index contributed by atoms with van der Waals surface area (Å²) in [6.07, 6.45) is 0. The molecule has 0 saturated carbocycles. The second kappa shape index (κ2) is 5.71. The van der Waals surface area contributed by atoms with Crippen molar-refractivity contribution in [2.75, 3.05) is 19.6 Å². The quantitative estimate of drug-likeness (QED) is 0.926. The maximum Gasteiger partial charge on any atom is 0.199 e. The van der Waals surface area contributed by atoms with E-state index in [0.717, 1.165) is 23.2 Å². The van der Waals surface area contributed by atoms with Crippen molar-refractivity contribution in [3.05, 3.63) is 27.7 Å². The maximum absolute atomic E-state index is 11.2. The Morgan fingerprint density at radius 3 is 3.11 bits per heavy atom. The highest BCUT2D eigenvalue weighted by Crippen LogP contribution is 2.28. The average molecular weight is 331 g/mol. The standard InChI is InChI=1S/C12H13BrClN3O/c1-8(18)7-17-5-4-15-12(17)16-11-6-9(14)2-3-10(11)13/h2-3,6H,4-5,7H2,1H3,(H,15,16). The molecule has 0 unspecified atom stereocenters. The molecule has 2 rings (SSSR count). The number of aliphatic imine (C=N–C) groups is 1. The van der Waals surface area contributed by atoms with Crippen LogP contribution >= 0.6 is 27.5 Å². The van der Waals surface area contributed by atoms with Gasteiger partial charge in [-0.15, -0.1) is 0 Å². The fourth-order valence-corrected chi connectivity index (χ4v) is 2.24. The monoisotopic (exact) mass is 329 g/mol. The molecule has 6 heteroatoms. The number of nitrogens with zero attached hydrogens (tertiary/aromatic N) is 2. The van der Waals surface area contributed by atoms with Gasteiger partial charge in [0, 0.05) is 22.6 Å². The summed E-state index contributed by atoms with van der Waals surface area (Å²) in [6.45, 7) is 3.54. The van der Waals surface area contributed by atoms with Gasteiger partial charge in [0.1, 0.15) is 5.78 Å². The molecule has 1 fully saturated rings. The molecule has 0 bridgehead atoms. The second-order valence-corrected chi connectivity index (χ2v) is 5.37. The Labute approximate surface area is 119 Å². The summed E-state index contributed by atoms with van der Waals surface area (Å²) in [6, 6.07) is 5.43. The normalized spacial score (nSPS) is 17.1. The van der Waals surface area contributed by atoms with E-state index in [9.17, 15) is 4.79 Å². The Bertz CT molecular complexity index is 504. The van der Waals surface area contributed by atoms with E-state index >= 15 is 0 Å². The van der Waals surface area contributed by atoms with Crippen molar-refractivity contribution in [2.24, 2.45) is 4.99 Å². The van der Waals surface area contributed by atoms with E-state index in [1.54, 1.807) is 19.1 Å². The van der Waals surface area contributed by atoms with Gasteiger partial charge < -0.3 is 10.2 Å². The molecule has 0 radical (unpaired) electrons. The number of guanidine groups is 1. The molecule has 1 aromatic rings. The number of hydrogen-bond acceptors (Lipinski definition) is 2. The number of carbonyl (C=O) groups excluding carboxylic acids is 1. The summed E-state index contributed by atoms with van der Waals surface area (Å²) in [5, 5.41) is 3.80. The van der Waals surface area contributed by atoms with Crippen LogP contribution in [-0.2, 0) is 4.79 Å². The number of rotatable bonds is 3. The highest BCUT2D eigenvalue weighted by molar-refractivity contribution is 9.10. The van der Waals surface area contributed by atoms with Gasteiger partial charge in [-0.2, -0.15) is 0 Å². The molecular formula is C12H13BrClN3O. The molecule has 96 valence electrons. The lowest BCUT2D eigenvalue weighted by atomic mass is 10.3. The molecule has 0 aromatic heterocycles. The van der Waals surface area contributed by atoms with Crippen LogP contribution in [0.3, 0.4) is 0 Å². The summed E-state index contributed by atoms with van der Waals surface area (Å²) < 4.78 is 0.871. The average Bonchev–Trinajstić information content (AvgIpc) is 2.70. The predicted molar refractivity (Wildman–Crippen MR) is 76.5 cm³/mol. The van der Waals surface area contributed by atoms with Crippen LogP contribution in [0.2, 0.25) is 5.02 Å². The Kier molecular flexibility index (Phi) is 4.24. The van der Waals surface area contributed by atoms with E-state index in [1.165, 1.54) is 0 Å². The van der Waals surface area contributed by atoms with Gasteiger partial charge in [0.15, 0.2) is 5.96 Å². The Balaban J connectivity index is 2.26. The highest BCUT2D eigenvalue weighted by atomic mass is 79.9. The van der Waals surface area contributed by atoms with Gasteiger partial charge in [-0.25, -0.2) is 4.99 Å². The van der Waals surface area contributed by atoms with Crippen LogP contribution in [0.25, 0.3) is 0 Å². The van der Waals surface area contributed by atoms with Crippen molar-refractivity contribution in [1.82, 2.24) is 10.2 Å². The SMILES string of the molecule is CC(=O)CN1CCN/C1=N\c1cc(Cl)ccc1Br. The smallest absolute Gasteiger partial charge is 0.199 e. The summed E-state index contributed by atoms with van der Waals surface area (Å²) >= 11 is 9.37. The Hall–Kier alpha value is -1.07. The largest absolute Gasteiger partial charge is 0.354 e. The lowest BCUT2D eigenvalue weighted by molar-refractivity contribution is -0.117. The predicted octanol–water partition coefficient (Wildman–Crippen LogP) is 2.58. The Morgan fingerprint density at radius 2 is 2.39 bits per heavy atom. The molecule has 0 atom stereocenters. The van der Waals surface area contributed by atoms with E-state index in [4.69, 9.17) is 11.6 Å². The van der Waals surface area contributed by atoms with Gasteiger partial charge in [-0.1, -0.05) is 11.6 Å². The summed E-state index contributed by atoms with van der Waals surface area (Å²) in [4.78, 5) is 17.6. The van der Waals surface area contributed by atoms with Crippen molar-refractivity contribution in [1.29, 1.82) is 0 Å². The van der Waals surface area contributed by atoms with Crippen molar-refractivity contribution in [3.63, 3.8) is 0 Å². The number of ketones is 1. The van der Waals surface area contributed by atoms with Gasteiger partial charge in [0.25, 0.3) is 0 Å². The number of carbonyl (C=O) groups is 1. The first-order valence-electron chi connectivity index (χ1n) is 5.58. The fourth-order valence-electron chi connectivity index (χ4n) is 1.74. The number of Topliss-reactive ketones (excluding diaryl/α,β-unsaturated/α-hetero) is 1. The van der Waals surface area contributed by atoms with Crippen LogP contribution in [0.15, 0.2) is 27.7 Å². The summed E-state index contributed by atoms with van der Waals surface area (Å²) in [5.74, 6) is 0.838. The van der Waals surface area contributed by atoms with Crippen LogP contribution < -0.4 is 5.32 Å². The first-order valence-corrected chi connectivity index (χ1v) is 6.75.